The minimum Gasteiger partial charge on any atom is -0.310 e. The molecule has 0 saturated heterocycles. The summed E-state index contributed by atoms with van der Waals surface area (Å²) >= 11 is 0. The Hall–Kier alpha value is -4.30. The minimum absolute atomic E-state index is 0.967. The first-order valence-electron chi connectivity index (χ1n) is 11.8. The summed E-state index contributed by atoms with van der Waals surface area (Å²) < 4.78 is 2.41. The van der Waals surface area contributed by atoms with E-state index in [9.17, 15) is 0 Å². The highest BCUT2D eigenvalue weighted by Gasteiger charge is 2.24. The van der Waals surface area contributed by atoms with Gasteiger partial charge in [-0.25, -0.2) is 0 Å². The molecule has 7 rings (SSSR count). The molecule has 6 aromatic rings. The van der Waals surface area contributed by atoms with Gasteiger partial charge in [0.2, 0.25) is 0 Å². The van der Waals surface area contributed by atoms with Crippen LogP contribution < -0.4 is 4.90 Å². The summed E-state index contributed by atoms with van der Waals surface area (Å²) in [7, 11) is 0. The van der Waals surface area contributed by atoms with Crippen LogP contribution in [-0.2, 0) is 6.42 Å². The summed E-state index contributed by atoms with van der Waals surface area (Å²) in [6.07, 6.45) is 0.967. The van der Waals surface area contributed by atoms with E-state index in [4.69, 9.17) is 0 Å². The predicted octanol–water partition coefficient (Wildman–Crippen LogP) is 8.47. The summed E-state index contributed by atoms with van der Waals surface area (Å²) in [5, 5.41) is 2.57. The van der Waals surface area contributed by atoms with Crippen LogP contribution in [0, 0.1) is 6.92 Å². The normalized spacial score (nSPS) is 12.7. The van der Waals surface area contributed by atoms with Crippen LogP contribution >= 0.6 is 0 Å². The van der Waals surface area contributed by atoms with Crippen LogP contribution in [0.3, 0.4) is 0 Å². The van der Waals surface area contributed by atoms with Gasteiger partial charge < -0.3 is 9.47 Å². The molecule has 0 radical (unpaired) electrons. The SMILES string of the molecule is Cc1cc(N2c3ccccc3Cc3ccccc32)cc(-n2c3ccccc3c3ccccc32)c1. The van der Waals surface area contributed by atoms with Crippen LogP contribution in [-0.4, -0.2) is 4.57 Å². The number of aryl methyl sites for hydroxylation is 1. The maximum atomic E-state index is 2.43. The predicted molar refractivity (Wildman–Crippen MR) is 143 cm³/mol. The third-order valence-electron chi connectivity index (χ3n) is 6.99. The molecule has 0 spiro atoms. The molecule has 0 bridgehead atoms. The molecule has 2 heterocycles. The molecule has 0 fully saturated rings. The van der Waals surface area contributed by atoms with Crippen molar-refractivity contribution in [2.45, 2.75) is 13.3 Å². The number of nitrogens with zero attached hydrogens (tertiary/aromatic N) is 2. The zero-order valence-electron chi connectivity index (χ0n) is 19.1. The van der Waals surface area contributed by atoms with E-state index in [0.29, 0.717) is 0 Å². The molecule has 162 valence electrons. The maximum absolute atomic E-state index is 2.43. The molecule has 1 aliphatic heterocycles. The molecule has 0 N–H and O–H groups in total. The summed E-state index contributed by atoms with van der Waals surface area (Å²) in [5.41, 5.74) is 11.3. The van der Waals surface area contributed by atoms with Crippen molar-refractivity contribution in [2.24, 2.45) is 0 Å². The zero-order chi connectivity index (χ0) is 22.6. The number of aromatic nitrogens is 1. The van der Waals surface area contributed by atoms with E-state index < -0.39 is 0 Å². The lowest BCUT2D eigenvalue weighted by atomic mass is 9.95. The molecule has 1 aromatic heterocycles. The number of para-hydroxylation sites is 4. The molecule has 2 nitrogen and oxygen atoms in total. The molecular formula is C32H24N2. The van der Waals surface area contributed by atoms with Crippen molar-refractivity contribution in [2.75, 3.05) is 4.90 Å². The van der Waals surface area contributed by atoms with Crippen molar-refractivity contribution in [3.8, 4) is 5.69 Å². The summed E-state index contributed by atoms with van der Waals surface area (Å²) in [6, 6.07) is 41.9. The molecule has 0 amide bonds. The lowest BCUT2D eigenvalue weighted by Crippen LogP contribution is -2.18. The Bertz CT molecular complexity index is 1610. The van der Waals surface area contributed by atoms with Gasteiger partial charge in [-0.3, -0.25) is 0 Å². The summed E-state index contributed by atoms with van der Waals surface area (Å²) in [4.78, 5) is 2.43. The van der Waals surface area contributed by atoms with E-state index in [1.54, 1.807) is 0 Å². The van der Waals surface area contributed by atoms with Gasteiger partial charge in [-0.2, -0.15) is 0 Å². The molecule has 0 aliphatic carbocycles. The first-order chi connectivity index (χ1) is 16.8. The number of anilines is 3. The second-order valence-corrected chi connectivity index (χ2v) is 9.17. The smallest absolute Gasteiger partial charge is 0.0541 e. The molecule has 0 atom stereocenters. The fourth-order valence-electron chi connectivity index (χ4n) is 5.57. The second-order valence-electron chi connectivity index (χ2n) is 9.17. The fourth-order valence-corrected chi connectivity index (χ4v) is 5.57. The van der Waals surface area contributed by atoms with Crippen LogP contribution in [0.2, 0.25) is 0 Å². The Balaban J connectivity index is 1.51. The van der Waals surface area contributed by atoms with E-state index >= 15 is 0 Å². The Labute approximate surface area is 199 Å². The number of benzene rings is 5. The van der Waals surface area contributed by atoms with E-state index in [1.165, 1.54) is 61.2 Å². The molecular weight excluding hydrogens is 412 g/mol. The van der Waals surface area contributed by atoms with Gasteiger partial charge in [-0.1, -0.05) is 72.8 Å². The molecule has 34 heavy (non-hydrogen) atoms. The van der Waals surface area contributed by atoms with Crippen molar-refractivity contribution in [3.05, 3.63) is 132 Å². The molecule has 1 aliphatic rings. The van der Waals surface area contributed by atoms with Gasteiger partial charge in [0.1, 0.15) is 0 Å². The van der Waals surface area contributed by atoms with E-state index in [0.717, 1.165) is 6.42 Å². The molecule has 0 saturated carbocycles. The number of hydrogen-bond acceptors (Lipinski definition) is 1. The summed E-state index contributed by atoms with van der Waals surface area (Å²) in [5.74, 6) is 0. The van der Waals surface area contributed by atoms with Crippen LogP contribution in [0.4, 0.5) is 17.1 Å². The quantitative estimate of drug-likeness (QED) is 0.264. The van der Waals surface area contributed by atoms with Gasteiger partial charge in [0, 0.05) is 39.9 Å². The summed E-state index contributed by atoms with van der Waals surface area (Å²) in [6.45, 7) is 2.20. The average Bonchev–Trinajstić information content (AvgIpc) is 3.21. The van der Waals surface area contributed by atoms with Crippen LogP contribution in [0.5, 0.6) is 0 Å². The van der Waals surface area contributed by atoms with Crippen LogP contribution in [0.1, 0.15) is 16.7 Å². The van der Waals surface area contributed by atoms with Gasteiger partial charge in [0.15, 0.2) is 0 Å². The highest BCUT2D eigenvalue weighted by atomic mass is 15.2. The first kappa shape index (κ1) is 19.2. The second kappa shape index (κ2) is 7.36. The van der Waals surface area contributed by atoms with E-state index in [1.807, 2.05) is 0 Å². The van der Waals surface area contributed by atoms with Crippen molar-refractivity contribution in [1.29, 1.82) is 0 Å². The van der Waals surface area contributed by atoms with Crippen molar-refractivity contribution < 1.29 is 0 Å². The third-order valence-corrected chi connectivity index (χ3v) is 6.99. The maximum Gasteiger partial charge on any atom is 0.0541 e. The standard InChI is InChI=1S/C32H24N2/c1-22-18-25(33-29-14-6-2-10-23(29)20-24-11-3-7-15-30(24)33)21-26(19-22)34-31-16-8-4-12-27(31)28-13-5-9-17-32(28)34/h2-19,21H,20H2,1H3. The third kappa shape index (κ3) is 2.82. The van der Waals surface area contributed by atoms with Crippen LogP contribution in [0.15, 0.2) is 115 Å². The molecule has 5 aromatic carbocycles. The zero-order valence-corrected chi connectivity index (χ0v) is 19.1. The van der Waals surface area contributed by atoms with Gasteiger partial charge >= 0.3 is 0 Å². The monoisotopic (exact) mass is 436 g/mol. The topological polar surface area (TPSA) is 8.17 Å². The highest BCUT2D eigenvalue weighted by Crippen LogP contribution is 2.44. The van der Waals surface area contributed by atoms with Crippen LogP contribution in [0.25, 0.3) is 27.5 Å². The van der Waals surface area contributed by atoms with E-state index in [2.05, 4.69) is 132 Å². The lowest BCUT2D eigenvalue weighted by Gasteiger charge is -2.34. The Morgan fingerprint density at radius 2 is 1.03 bits per heavy atom. The Morgan fingerprint density at radius 3 is 1.65 bits per heavy atom. The molecule has 0 unspecified atom stereocenters. The number of hydrogen-bond donors (Lipinski definition) is 0. The van der Waals surface area contributed by atoms with Crippen molar-refractivity contribution in [3.63, 3.8) is 0 Å². The Morgan fingerprint density at radius 1 is 0.529 bits per heavy atom. The average molecular weight is 437 g/mol. The first-order valence-corrected chi connectivity index (χ1v) is 11.8. The largest absolute Gasteiger partial charge is 0.310 e. The van der Waals surface area contributed by atoms with E-state index in [-0.39, 0.29) is 0 Å². The fraction of sp³-hybridized carbons (Fsp3) is 0.0625. The van der Waals surface area contributed by atoms with Gasteiger partial charge in [-0.15, -0.1) is 0 Å². The van der Waals surface area contributed by atoms with Gasteiger partial charge in [-0.05, 0) is 66.1 Å². The van der Waals surface area contributed by atoms with Crippen molar-refractivity contribution in [1.82, 2.24) is 4.57 Å². The van der Waals surface area contributed by atoms with Gasteiger partial charge in [0.05, 0.1) is 11.0 Å². The molecule has 2 heteroatoms. The number of rotatable bonds is 2. The van der Waals surface area contributed by atoms with Gasteiger partial charge in [0.25, 0.3) is 0 Å². The Kier molecular flexibility index (Phi) is 4.16. The number of fused-ring (bicyclic) bond motifs is 5. The van der Waals surface area contributed by atoms with Crippen molar-refractivity contribution >= 4 is 38.9 Å². The highest BCUT2D eigenvalue weighted by molar-refractivity contribution is 6.09. The minimum atomic E-state index is 0.967. The lowest BCUT2D eigenvalue weighted by molar-refractivity contribution is 1.08.